The van der Waals surface area contributed by atoms with Gasteiger partial charge in [0.1, 0.15) is 0 Å². The van der Waals surface area contributed by atoms with Crippen molar-refractivity contribution < 1.29 is 0 Å². The Morgan fingerprint density at radius 2 is 1.90 bits per heavy atom. The van der Waals surface area contributed by atoms with Gasteiger partial charge in [0.2, 0.25) is 0 Å². The van der Waals surface area contributed by atoms with Gasteiger partial charge in [0.15, 0.2) is 0 Å². The van der Waals surface area contributed by atoms with Gasteiger partial charge in [-0.2, -0.15) is 0 Å². The first kappa shape index (κ1) is 14.6. The smallest absolute Gasteiger partial charge is 0.0309 e. The van der Waals surface area contributed by atoms with Gasteiger partial charge in [-0.3, -0.25) is 4.90 Å². The molecule has 2 aliphatic rings. The van der Waals surface area contributed by atoms with Crippen molar-refractivity contribution in [1.82, 2.24) is 10.2 Å². The van der Waals surface area contributed by atoms with E-state index < -0.39 is 0 Å². The minimum atomic E-state index is 0.225. The lowest BCUT2D eigenvalue weighted by Crippen LogP contribution is -2.66. The van der Waals surface area contributed by atoms with Crippen LogP contribution in [0.15, 0.2) is 28.7 Å². The summed E-state index contributed by atoms with van der Waals surface area (Å²) in [4.78, 5) is 2.68. The summed E-state index contributed by atoms with van der Waals surface area (Å²) < 4.78 is 1.23. The number of rotatable bonds is 2. The van der Waals surface area contributed by atoms with Crippen LogP contribution in [-0.4, -0.2) is 29.1 Å². The van der Waals surface area contributed by atoms with Crippen molar-refractivity contribution >= 4 is 15.9 Å². The molecule has 0 aromatic heterocycles. The number of nitrogens with one attached hydrogen (secondary N) is 1. The summed E-state index contributed by atoms with van der Waals surface area (Å²) in [5, 5.41) is 3.86. The Kier molecular flexibility index (Phi) is 3.95. The van der Waals surface area contributed by atoms with Crippen LogP contribution in [0, 0.1) is 0 Å². The quantitative estimate of drug-likeness (QED) is 0.879. The van der Waals surface area contributed by atoms with E-state index in [0.717, 1.165) is 13.1 Å². The lowest BCUT2D eigenvalue weighted by Gasteiger charge is -2.51. The van der Waals surface area contributed by atoms with E-state index in [1.165, 1.54) is 42.3 Å². The van der Waals surface area contributed by atoms with Crippen molar-refractivity contribution in [2.24, 2.45) is 0 Å². The molecule has 0 amide bonds. The van der Waals surface area contributed by atoms with E-state index in [4.69, 9.17) is 0 Å². The van der Waals surface area contributed by atoms with Crippen molar-refractivity contribution in [3.63, 3.8) is 0 Å². The van der Waals surface area contributed by atoms with E-state index in [2.05, 4.69) is 64.3 Å². The third-order valence-corrected chi connectivity index (χ3v) is 5.90. The minimum Gasteiger partial charge on any atom is -0.308 e. The summed E-state index contributed by atoms with van der Waals surface area (Å²) in [7, 11) is 0. The summed E-state index contributed by atoms with van der Waals surface area (Å²) in [5.74, 6) is 0. The molecule has 3 heteroatoms. The van der Waals surface area contributed by atoms with Crippen LogP contribution in [-0.2, 0) is 6.54 Å². The normalized spacial score (nSPS) is 25.1. The van der Waals surface area contributed by atoms with Gasteiger partial charge in [-0.15, -0.1) is 0 Å². The fourth-order valence-electron chi connectivity index (χ4n) is 3.64. The maximum atomic E-state index is 3.86. The Labute approximate surface area is 131 Å². The molecule has 1 aromatic carbocycles. The van der Waals surface area contributed by atoms with Gasteiger partial charge in [-0.1, -0.05) is 47.0 Å². The molecular weight excluding hydrogens is 312 g/mol. The van der Waals surface area contributed by atoms with Crippen LogP contribution in [0.2, 0.25) is 0 Å². The van der Waals surface area contributed by atoms with Gasteiger partial charge in [-0.05, 0) is 38.3 Å². The molecule has 2 nitrogen and oxygen atoms in total. The highest BCUT2D eigenvalue weighted by molar-refractivity contribution is 9.10. The Morgan fingerprint density at radius 1 is 1.20 bits per heavy atom. The third-order valence-electron chi connectivity index (χ3n) is 5.13. The molecule has 0 unspecified atom stereocenters. The first-order valence-electron chi connectivity index (χ1n) is 7.74. The molecule has 1 saturated heterocycles. The average Bonchev–Trinajstić information content (AvgIpc) is 2.86. The van der Waals surface area contributed by atoms with E-state index >= 15 is 0 Å². The molecule has 1 saturated carbocycles. The molecule has 1 spiro atoms. The second-order valence-electron chi connectivity index (χ2n) is 7.10. The number of hydrogen-bond donors (Lipinski definition) is 1. The number of nitrogens with zero attached hydrogens (tertiary/aromatic N) is 1. The van der Waals surface area contributed by atoms with E-state index in [1.54, 1.807) is 0 Å². The maximum absolute atomic E-state index is 3.86. The molecule has 0 atom stereocenters. The summed E-state index contributed by atoms with van der Waals surface area (Å²) in [6, 6.07) is 8.62. The maximum Gasteiger partial charge on any atom is 0.0309 e. The van der Waals surface area contributed by atoms with E-state index in [0.29, 0.717) is 5.54 Å². The Bertz CT molecular complexity index is 478. The molecule has 110 valence electrons. The zero-order valence-electron chi connectivity index (χ0n) is 12.6. The predicted molar refractivity (Wildman–Crippen MR) is 87.8 cm³/mol. The molecule has 1 aromatic rings. The number of halogens is 1. The highest BCUT2D eigenvalue weighted by Gasteiger charge is 2.44. The van der Waals surface area contributed by atoms with Gasteiger partial charge in [0, 0.05) is 35.2 Å². The summed E-state index contributed by atoms with van der Waals surface area (Å²) in [6.07, 6.45) is 5.46. The van der Waals surface area contributed by atoms with Crippen LogP contribution in [0.1, 0.15) is 45.1 Å². The van der Waals surface area contributed by atoms with Crippen molar-refractivity contribution in [1.29, 1.82) is 0 Å². The SMILES string of the molecule is CC1(C)CNC2(CCCC2)CN1Cc1ccccc1Br. The molecule has 1 aliphatic heterocycles. The summed E-state index contributed by atoms with van der Waals surface area (Å²) in [5.41, 5.74) is 2.01. The molecule has 0 radical (unpaired) electrons. The van der Waals surface area contributed by atoms with Crippen LogP contribution >= 0.6 is 15.9 Å². The van der Waals surface area contributed by atoms with Crippen molar-refractivity contribution in [3.8, 4) is 0 Å². The second kappa shape index (κ2) is 5.43. The molecule has 1 heterocycles. The highest BCUT2D eigenvalue weighted by atomic mass is 79.9. The van der Waals surface area contributed by atoms with Gasteiger partial charge in [-0.25, -0.2) is 0 Å². The molecule has 3 rings (SSSR count). The monoisotopic (exact) mass is 336 g/mol. The largest absolute Gasteiger partial charge is 0.308 e. The van der Waals surface area contributed by atoms with Gasteiger partial charge < -0.3 is 5.32 Å². The number of hydrogen-bond acceptors (Lipinski definition) is 2. The van der Waals surface area contributed by atoms with Gasteiger partial charge in [0.25, 0.3) is 0 Å². The lowest BCUT2D eigenvalue weighted by atomic mass is 9.87. The summed E-state index contributed by atoms with van der Waals surface area (Å²) >= 11 is 3.69. The molecule has 1 aliphatic carbocycles. The van der Waals surface area contributed by atoms with Crippen molar-refractivity contribution in [2.45, 2.75) is 57.2 Å². The number of piperazine rings is 1. The lowest BCUT2D eigenvalue weighted by molar-refractivity contribution is 0.0216. The molecule has 0 bridgehead atoms. The molecule has 20 heavy (non-hydrogen) atoms. The van der Waals surface area contributed by atoms with E-state index in [1.807, 2.05) is 0 Å². The zero-order valence-corrected chi connectivity index (χ0v) is 14.2. The zero-order chi connectivity index (χ0) is 14.2. The molecular formula is C17H25BrN2. The van der Waals surface area contributed by atoms with E-state index in [9.17, 15) is 0 Å². The fourth-order valence-corrected chi connectivity index (χ4v) is 4.05. The van der Waals surface area contributed by atoms with Crippen LogP contribution in [0.25, 0.3) is 0 Å². The Balaban J connectivity index is 1.80. The second-order valence-corrected chi connectivity index (χ2v) is 7.96. The molecule has 2 fully saturated rings. The highest BCUT2D eigenvalue weighted by Crippen LogP contribution is 2.36. The first-order valence-corrected chi connectivity index (χ1v) is 8.54. The standard InChI is InChI=1S/C17H25BrN2/c1-16(2)12-19-17(9-5-6-10-17)13-20(16)11-14-7-3-4-8-15(14)18/h3-4,7-8,19H,5-6,9-13H2,1-2H3. The van der Waals surface area contributed by atoms with Crippen LogP contribution in [0.3, 0.4) is 0 Å². The van der Waals surface area contributed by atoms with Gasteiger partial charge >= 0.3 is 0 Å². The third kappa shape index (κ3) is 2.81. The average molecular weight is 337 g/mol. The van der Waals surface area contributed by atoms with E-state index in [-0.39, 0.29) is 5.54 Å². The molecule has 1 N–H and O–H groups in total. The number of benzene rings is 1. The van der Waals surface area contributed by atoms with Crippen molar-refractivity contribution in [2.75, 3.05) is 13.1 Å². The van der Waals surface area contributed by atoms with Crippen LogP contribution in [0.4, 0.5) is 0 Å². The Morgan fingerprint density at radius 3 is 2.60 bits per heavy atom. The van der Waals surface area contributed by atoms with Crippen LogP contribution in [0.5, 0.6) is 0 Å². The minimum absolute atomic E-state index is 0.225. The predicted octanol–water partition coefficient (Wildman–Crippen LogP) is 3.95. The van der Waals surface area contributed by atoms with Crippen molar-refractivity contribution in [3.05, 3.63) is 34.3 Å². The fraction of sp³-hybridized carbons (Fsp3) is 0.647. The van der Waals surface area contributed by atoms with Gasteiger partial charge in [0.05, 0.1) is 0 Å². The van der Waals surface area contributed by atoms with Crippen LogP contribution < -0.4 is 5.32 Å². The summed E-state index contributed by atoms with van der Waals surface area (Å²) in [6.45, 7) is 8.04. The first-order chi connectivity index (χ1) is 9.51. The Hall–Kier alpha value is -0.380. The topological polar surface area (TPSA) is 15.3 Å².